The first-order valence-electron chi connectivity index (χ1n) is 5.93. The number of allylic oxidation sites excluding steroid dienone is 3. The van der Waals surface area contributed by atoms with Crippen LogP contribution in [0.3, 0.4) is 0 Å². The third-order valence-corrected chi connectivity index (χ3v) is 3.83. The van der Waals surface area contributed by atoms with Gasteiger partial charge in [0.1, 0.15) is 5.60 Å². The molecule has 1 heteroatoms. The van der Waals surface area contributed by atoms with E-state index in [-0.39, 0.29) is 5.60 Å². The van der Waals surface area contributed by atoms with Crippen LogP contribution in [0.25, 0.3) is 0 Å². The van der Waals surface area contributed by atoms with E-state index in [1.165, 1.54) is 18.4 Å². The fourth-order valence-electron chi connectivity index (χ4n) is 2.49. The van der Waals surface area contributed by atoms with Crippen LogP contribution < -0.4 is 0 Å². The molecule has 2 atom stereocenters. The van der Waals surface area contributed by atoms with Crippen molar-refractivity contribution in [1.82, 2.24) is 0 Å². The molecule has 2 rings (SSSR count). The molecule has 0 aromatic heterocycles. The Morgan fingerprint density at radius 1 is 1.40 bits per heavy atom. The Balaban J connectivity index is 2.14. The van der Waals surface area contributed by atoms with Crippen LogP contribution in [-0.4, -0.2) is 12.2 Å². The first kappa shape index (κ1) is 10.9. The summed E-state index contributed by atoms with van der Waals surface area (Å²) in [6.07, 6.45) is 9.52. The van der Waals surface area contributed by atoms with Gasteiger partial charge in [0.05, 0.1) is 6.61 Å². The van der Waals surface area contributed by atoms with Crippen LogP contribution in [0.2, 0.25) is 0 Å². The molecule has 2 unspecified atom stereocenters. The van der Waals surface area contributed by atoms with Gasteiger partial charge in [-0.3, -0.25) is 0 Å². The molecule has 1 saturated heterocycles. The quantitative estimate of drug-likeness (QED) is 0.495. The van der Waals surface area contributed by atoms with Gasteiger partial charge in [-0.2, -0.15) is 0 Å². The minimum Gasteiger partial charge on any atom is -0.365 e. The minimum absolute atomic E-state index is 0.0494. The Morgan fingerprint density at radius 2 is 2.07 bits per heavy atom. The molecule has 1 nitrogen and oxygen atoms in total. The van der Waals surface area contributed by atoms with E-state index in [2.05, 4.69) is 45.9 Å². The van der Waals surface area contributed by atoms with E-state index in [0.717, 1.165) is 6.61 Å². The van der Waals surface area contributed by atoms with E-state index in [4.69, 9.17) is 4.74 Å². The summed E-state index contributed by atoms with van der Waals surface area (Å²) in [7, 11) is 0. The smallest absolute Gasteiger partial charge is 0.107 e. The molecule has 2 aliphatic rings. The largest absolute Gasteiger partial charge is 0.365 e. The molecule has 1 fully saturated rings. The van der Waals surface area contributed by atoms with E-state index in [1.54, 1.807) is 0 Å². The number of ether oxygens (including phenoxy) is 1. The van der Waals surface area contributed by atoms with E-state index in [0.29, 0.717) is 11.3 Å². The molecule has 0 spiro atoms. The first-order valence-corrected chi connectivity index (χ1v) is 5.93. The summed E-state index contributed by atoms with van der Waals surface area (Å²) in [5.41, 5.74) is 1.97. The molecule has 1 aliphatic carbocycles. The second-order valence-corrected chi connectivity index (χ2v) is 5.91. The summed E-state index contributed by atoms with van der Waals surface area (Å²) in [5, 5.41) is 0. The molecule has 0 N–H and O–H groups in total. The summed E-state index contributed by atoms with van der Waals surface area (Å²) < 4.78 is 5.38. The lowest BCUT2D eigenvalue weighted by molar-refractivity contribution is 0.254. The van der Waals surface area contributed by atoms with Crippen molar-refractivity contribution in [2.45, 2.75) is 46.1 Å². The maximum Gasteiger partial charge on any atom is 0.107 e. The molecular weight excluding hydrogens is 184 g/mol. The highest BCUT2D eigenvalue weighted by atomic mass is 16.6. The predicted molar refractivity (Wildman–Crippen MR) is 63.8 cm³/mol. The lowest BCUT2D eigenvalue weighted by atomic mass is 9.68. The van der Waals surface area contributed by atoms with Gasteiger partial charge < -0.3 is 4.74 Å². The van der Waals surface area contributed by atoms with Gasteiger partial charge in [-0.15, -0.1) is 0 Å². The monoisotopic (exact) mass is 206 g/mol. The Kier molecular flexibility index (Phi) is 2.54. The van der Waals surface area contributed by atoms with Crippen LogP contribution in [0, 0.1) is 11.3 Å². The second-order valence-electron chi connectivity index (χ2n) is 5.91. The van der Waals surface area contributed by atoms with E-state index >= 15 is 0 Å². The summed E-state index contributed by atoms with van der Waals surface area (Å²) >= 11 is 0. The van der Waals surface area contributed by atoms with Crippen LogP contribution in [0.15, 0.2) is 23.8 Å². The molecule has 0 radical (unpaired) electrons. The summed E-state index contributed by atoms with van der Waals surface area (Å²) in [5.74, 6) is 0.590. The Hall–Kier alpha value is -0.560. The molecule has 0 saturated carbocycles. The maximum atomic E-state index is 5.38. The topological polar surface area (TPSA) is 12.5 Å². The normalized spacial score (nSPS) is 39.2. The van der Waals surface area contributed by atoms with Gasteiger partial charge >= 0.3 is 0 Å². The summed E-state index contributed by atoms with van der Waals surface area (Å²) in [6, 6.07) is 0. The molecule has 1 heterocycles. The van der Waals surface area contributed by atoms with Gasteiger partial charge in [0, 0.05) is 5.92 Å². The first-order chi connectivity index (χ1) is 6.93. The van der Waals surface area contributed by atoms with Crippen LogP contribution >= 0.6 is 0 Å². The molecule has 1 aliphatic heterocycles. The zero-order valence-electron chi connectivity index (χ0n) is 10.3. The fraction of sp³-hybridized carbons (Fsp3) is 0.714. The van der Waals surface area contributed by atoms with Gasteiger partial charge in [-0.05, 0) is 32.1 Å². The van der Waals surface area contributed by atoms with E-state index in [9.17, 15) is 0 Å². The van der Waals surface area contributed by atoms with Gasteiger partial charge in [-0.1, -0.05) is 37.6 Å². The van der Waals surface area contributed by atoms with E-state index < -0.39 is 0 Å². The van der Waals surface area contributed by atoms with Crippen LogP contribution in [0.1, 0.15) is 40.5 Å². The van der Waals surface area contributed by atoms with Crippen molar-refractivity contribution in [3.05, 3.63) is 23.8 Å². The molecule has 0 bridgehead atoms. The number of rotatable bonds is 2. The average molecular weight is 206 g/mol. The maximum absolute atomic E-state index is 5.38. The molecule has 0 amide bonds. The van der Waals surface area contributed by atoms with Crippen LogP contribution in [0.5, 0.6) is 0 Å². The van der Waals surface area contributed by atoms with Crippen molar-refractivity contribution >= 4 is 0 Å². The lowest BCUT2D eigenvalue weighted by Crippen LogP contribution is -2.26. The van der Waals surface area contributed by atoms with Crippen molar-refractivity contribution in [1.29, 1.82) is 0 Å². The Labute approximate surface area is 93.2 Å². The van der Waals surface area contributed by atoms with Gasteiger partial charge in [0.25, 0.3) is 0 Å². The minimum atomic E-state index is 0.0494. The summed E-state index contributed by atoms with van der Waals surface area (Å²) in [4.78, 5) is 0. The van der Waals surface area contributed by atoms with Gasteiger partial charge in [0.2, 0.25) is 0 Å². The second kappa shape index (κ2) is 3.48. The SMILES string of the molecule is CC1=CCCC(C)(C)C1/C=C/C1(C)CO1. The standard InChI is InChI=1S/C14H22O/c1-11-6-5-8-13(2,3)12(11)7-9-14(4)10-15-14/h6-7,9,12H,5,8,10H2,1-4H3/b9-7+. The van der Waals surface area contributed by atoms with Crippen molar-refractivity contribution in [3.63, 3.8) is 0 Å². The number of hydrogen-bond donors (Lipinski definition) is 0. The molecule has 0 aromatic carbocycles. The van der Waals surface area contributed by atoms with Crippen molar-refractivity contribution in [2.75, 3.05) is 6.61 Å². The molecule has 15 heavy (non-hydrogen) atoms. The fourth-order valence-corrected chi connectivity index (χ4v) is 2.49. The molecular formula is C14H22O. The third kappa shape index (κ3) is 2.34. The van der Waals surface area contributed by atoms with Crippen molar-refractivity contribution < 1.29 is 4.74 Å². The highest BCUT2D eigenvalue weighted by molar-refractivity contribution is 5.21. The summed E-state index contributed by atoms with van der Waals surface area (Å²) in [6.45, 7) is 10.0. The van der Waals surface area contributed by atoms with Gasteiger partial charge in [0.15, 0.2) is 0 Å². The lowest BCUT2D eigenvalue weighted by Gasteiger charge is -2.36. The van der Waals surface area contributed by atoms with Crippen molar-refractivity contribution in [3.8, 4) is 0 Å². The Bertz CT molecular complexity index is 305. The highest BCUT2D eigenvalue weighted by Gasteiger charge is 2.37. The van der Waals surface area contributed by atoms with Gasteiger partial charge in [-0.25, -0.2) is 0 Å². The molecule has 0 aromatic rings. The highest BCUT2D eigenvalue weighted by Crippen LogP contribution is 2.42. The predicted octanol–water partition coefficient (Wildman–Crippen LogP) is 3.71. The van der Waals surface area contributed by atoms with Crippen molar-refractivity contribution in [2.24, 2.45) is 11.3 Å². The zero-order chi connectivity index (χ0) is 11.1. The van der Waals surface area contributed by atoms with Crippen LogP contribution in [0.4, 0.5) is 0 Å². The Morgan fingerprint density at radius 3 is 2.60 bits per heavy atom. The van der Waals surface area contributed by atoms with Crippen LogP contribution in [-0.2, 0) is 4.74 Å². The van der Waals surface area contributed by atoms with E-state index in [1.807, 2.05) is 0 Å². The zero-order valence-corrected chi connectivity index (χ0v) is 10.3. The number of epoxide rings is 1. The number of hydrogen-bond acceptors (Lipinski definition) is 1. The average Bonchev–Trinajstić information content (AvgIpc) is 2.82. The molecule has 84 valence electrons. The third-order valence-electron chi connectivity index (χ3n) is 3.83.